The normalized spacial score (nSPS) is 11.8. The van der Waals surface area contributed by atoms with Gasteiger partial charge in [-0.3, -0.25) is 0 Å². The minimum atomic E-state index is 0.566. The van der Waals surface area contributed by atoms with Gasteiger partial charge in [0, 0.05) is 58.8 Å². The summed E-state index contributed by atoms with van der Waals surface area (Å²) >= 11 is 1.80. The van der Waals surface area contributed by atoms with Crippen LogP contribution in [0.25, 0.3) is 197 Å². The second-order valence-corrected chi connectivity index (χ2v) is 25.5. The van der Waals surface area contributed by atoms with E-state index in [2.05, 4.69) is 261 Å². The molecule has 0 aliphatic carbocycles. The van der Waals surface area contributed by atoms with E-state index in [1.165, 1.54) is 79.4 Å². The molecule has 0 N–H and O–H groups in total. The van der Waals surface area contributed by atoms with Gasteiger partial charge in [-0.2, -0.15) is 0 Å². The Morgan fingerprint density at radius 3 is 1.24 bits per heavy atom. The van der Waals surface area contributed by atoms with Crippen molar-refractivity contribution in [3.05, 3.63) is 315 Å². The van der Waals surface area contributed by atoms with E-state index in [4.69, 9.17) is 34.3 Å². The average molecular weight is 1240 g/mol. The van der Waals surface area contributed by atoms with Crippen molar-refractivity contribution in [1.29, 1.82) is 0 Å². The average Bonchev–Trinajstić information content (AvgIpc) is 1.36. The third-order valence-electron chi connectivity index (χ3n) is 18.8. The van der Waals surface area contributed by atoms with Crippen molar-refractivity contribution in [2.45, 2.75) is 0 Å². The van der Waals surface area contributed by atoms with Gasteiger partial charge in [0.25, 0.3) is 0 Å². The summed E-state index contributed by atoms with van der Waals surface area (Å²) < 4.78 is 9.03. The Hall–Kier alpha value is -12.6. The number of benzene rings is 16. The summed E-state index contributed by atoms with van der Waals surface area (Å²) in [5, 5.41) is 21.6. The van der Waals surface area contributed by atoms with Crippen LogP contribution in [0.2, 0.25) is 0 Å². The SMILES string of the molecule is c1ccc(-c2cc(-c3nc(-c4ccccc4)nc(-c4ccc5c(ccc6c7ccccc7ccc56)c4)n3)c3oc4ccccc4c3c2)cc1.c1ccc2cc(-c3nc(-c4ccc5c(ccc6c7ccccc7ccc56)c4)nc(-c4cccc5sc6ccccc6c45)n3)ccc2c1. The Balaban J connectivity index is 0.000000135. The van der Waals surface area contributed by atoms with Gasteiger partial charge in [0.15, 0.2) is 34.9 Å². The monoisotopic (exact) mass is 1240 g/mol. The number of hydrogen-bond donors (Lipinski definition) is 0. The second-order valence-electron chi connectivity index (χ2n) is 24.4. The van der Waals surface area contributed by atoms with Gasteiger partial charge < -0.3 is 4.42 Å². The van der Waals surface area contributed by atoms with Crippen molar-refractivity contribution in [2.24, 2.45) is 0 Å². The van der Waals surface area contributed by atoms with Crippen LogP contribution >= 0.6 is 11.3 Å². The van der Waals surface area contributed by atoms with E-state index >= 15 is 0 Å². The molecular formula is C88H52N6OS. The summed E-state index contributed by atoms with van der Waals surface area (Å²) in [6.07, 6.45) is 0. The quantitative estimate of drug-likeness (QED) is 0.147. The maximum atomic E-state index is 6.55. The van der Waals surface area contributed by atoms with Crippen molar-refractivity contribution in [1.82, 2.24) is 29.9 Å². The number of nitrogens with zero attached hydrogens (tertiary/aromatic N) is 6. The van der Waals surface area contributed by atoms with Crippen LogP contribution in [0.3, 0.4) is 0 Å². The molecule has 0 saturated carbocycles. The van der Waals surface area contributed by atoms with Crippen LogP contribution in [0.4, 0.5) is 0 Å². The molecule has 7 nitrogen and oxygen atoms in total. The van der Waals surface area contributed by atoms with Crippen LogP contribution in [0, 0.1) is 0 Å². The molecule has 0 bridgehead atoms. The fourth-order valence-electron chi connectivity index (χ4n) is 14.1. The van der Waals surface area contributed by atoms with Crippen LogP contribution < -0.4 is 0 Å². The molecule has 0 aliphatic heterocycles. The van der Waals surface area contributed by atoms with Gasteiger partial charge in [-0.15, -0.1) is 11.3 Å². The molecule has 0 atom stereocenters. The summed E-state index contributed by atoms with van der Waals surface area (Å²) in [6.45, 7) is 0. The van der Waals surface area contributed by atoms with Crippen molar-refractivity contribution >= 4 is 129 Å². The topological polar surface area (TPSA) is 90.5 Å². The highest BCUT2D eigenvalue weighted by molar-refractivity contribution is 7.26. The lowest BCUT2D eigenvalue weighted by atomic mass is 9.96. The Bertz CT molecular complexity index is 6540. The molecule has 0 fully saturated rings. The highest BCUT2D eigenvalue weighted by Gasteiger charge is 2.22. The molecule has 20 aromatic rings. The molecule has 0 spiro atoms. The van der Waals surface area contributed by atoms with Crippen LogP contribution in [0.15, 0.2) is 320 Å². The lowest BCUT2D eigenvalue weighted by Crippen LogP contribution is -2.00. The highest BCUT2D eigenvalue weighted by atomic mass is 32.1. The molecule has 96 heavy (non-hydrogen) atoms. The van der Waals surface area contributed by atoms with Gasteiger partial charge in [-0.25, -0.2) is 29.9 Å². The summed E-state index contributed by atoms with van der Waals surface area (Å²) in [7, 11) is 0. The molecule has 8 heteroatoms. The Morgan fingerprint density at radius 2 is 0.625 bits per heavy atom. The fraction of sp³-hybridized carbons (Fsp3) is 0. The minimum Gasteiger partial charge on any atom is -0.455 e. The summed E-state index contributed by atoms with van der Waals surface area (Å²) in [5.74, 6) is 3.79. The predicted molar refractivity (Wildman–Crippen MR) is 400 cm³/mol. The Morgan fingerprint density at radius 1 is 0.208 bits per heavy atom. The number of hydrogen-bond acceptors (Lipinski definition) is 8. The van der Waals surface area contributed by atoms with Gasteiger partial charge in [-0.1, -0.05) is 267 Å². The molecule has 0 unspecified atom stereocenters. The molecule has 20 rings (SSSR count). The molecule has 0 aliphatic rings. The number of aromatic nitrogens is 6. The zero-order chi connectivity index (χ0) is 63.2. The fourth-order valence-corrected chi connectivity index (χ4v) is 15.2. The van der Waals surface area contributed by atoms with Crippen LogP contribution in [-0.4, -0.2) is 29.9 Å². The molecular weight excluding hydrogens is 1190 g/mol. The first-order valence-electron chi connectivity index (χ1n) is 32.2. The molecule has 0 radical (unpaired) electrons. The van der Waals surface area contributed by atoms with Crippen LogP contribution in [-0.2, 0) is 0 Å². The van der Waals surface area contributed by atoms with Crippen molar-refractivity contribution < 1.29 is 4.42 Å². The van der Waals surface area contributed by atoms with E-state index in [9.17, 15) is 0 Å². The lowest BCUT2D eigenvalue weighted by molar-refractivity contribution is 0.669. The van der Waals surface area contributed by atoms with E-state index in [0.717, 1.165) is 82.6 Å². The molecule has 0 amide bonds. The Kier molecular flexibility index (Phi) is 13.0. The van der Waals surface area contributed by atoms with Crippen LogP contribution in [0.1, 0.15) is 0 Å². The first-order valence-corrected chi connectivity index (χ1v) is 33.0. The van der Waals surface area contributed by atoms with E-state index < -0.39 is 0 Å². The summed E-state index contributed by atoms with van der Waals surface area (Å²) in [4.78, 5) is 30.8. The van der Waals surface area contributed by atoms with Gasteiger partial charge in [0.1, 0.15) is 11.2 Å². The summed E-state index contributed by atoms with van der Waals surface area (Å²) in [6, 6.07) is 111. The third kappa shape index (κ3) is 9.49. The molecule has 0 saturated heterocycles. The van der Waals surface area contributed by atoms with Gasteiger partial charge >= 0.3 is 0 Å². The van der Waals surface area contributed by atoms with Crippen molar-refractivity contribution in [3.8, 4) is 79.5 Å². The highest BCUT2D eigenvalue weighted by Crippen LogP contribution is 2.43. The summed E-state index contributed by atoms with van der Waals surface area (Å²) in [5.41, 5.74) is 9.40. The van der Waals surface area contributed by atoms with Gasteiger partial charge in [0.2, 0.25) is 0 Å². The van der Waals surface area contributed by atoms with E-state index in [1.807, 2.05) is 54.6 Å². The molecule has 16 aromatic carbocycles. The first-order chi connectivity index (χ1) is 47.5. The zero-order valence-corrected chi connectivity index (χ0v) is 52.3. The molecule has 4 aromatic heterocycles. The first kappa shape index (κ1) is 55.1. The maximum absolute atomic E-state index is 6.55. The standard InChI is InChI=1S/C45H27N3O.C43H25N3S/c1-3-11-28(12-4-1)33-26-39-38-17-9-10-18-41(38)49-42(39)40(27-33)45-47-43(30-14-5-2-6-15-30)46-44(48-45)32-21-22-35-31(25-32)20-24-36-34-16-8-7-13-29(34)19-23-37(35)36;1-2-10-28-24-30(17-16-26(28)8-1)41-44-42(46-43(45-41)37-13-7-15-39-40(37)36-12-5-6-14-38(36)47-39)31-20-21-33-29(25-31)19-23-34-32-11-4-3-9-27(32)18-22-35(33)34/h1-27H;1-25H. The van der Waals surface area contributed by atoms with E-state index in [1.54, 1.807) is 11.3 Å². The Labute approximate surface area is 554 Å². The number of thiophene rings is 1. The number of rotatable bonds is 7. The van der Waals surface area contributed by atoms with Crippen molar-refractivity contribution in [2.75, 3.05) is 0 Å². The molecule has 4 heterocycles. The molecule has 446 valence electrons. The maximum Gasteiger partial charge on any atom is 0.167 e. The van der Waals surface area contributed by atoms with E-state index in [-0.39, 0.29) is 0 Å². The number of fused-ring (bicyclic) bond motifs is 17. The minimum absolute atomic E-state index is 0.566. The number of para-hydroxylation sites is 1. The predicted octanol–water partition coefficient (Wildman–Crippen LogP) is 23.8. The van der Waals surface area contributed by atoms with Crippen LogP contribution in [0.5, 0.6) is 0 Å². The third-order valence-corrected chi connectivity index (χ3v) is 19.9. The zero-order valence-electron chi connectivity index (χ0n) is 51.5. The number of furan rings is 1. The smallest absolute Gasteiger partial charge is 0.167 e. The van der Waals surface area contributed by atoms with Gasteiger partial charge in [0.05, 0.1) is 5.56 Å². The van der Waals surface area contributed by atoms with E-state index in [0.29, 0.717) is 34.9 Å². The second kappa shape index (κ2) is 22.6. The largest absolute Gasteiger partial charge is 0.455 e. The lowest BCUT2D eigenvalue weighted by Gasteiger charge is -2.12. The van der Waals surface area contributed by atoms with Gasteiger partial charge in [-0.05, 0) is 135 Å². The van der Waals surface area contributed by atoms with Crippen molar-refractivity contribution in [3.63, 3.8) is 0 Å².